The van der Waals surface area contributed by atoms with Gasteiger partial charge < -0.3 is 15.6 Å². The average Bonchev–Trinajstić information content (AvgIpc) is 3.68. The number of aliphatic carboxylic acids is 1. The van der Waals surface area contributed by atoms with Gasteiger partial charge in [-0.3, -0.25) is 4.79 Å². The molecule has 6 nitrogen and oxygen atoms in total. The third-order valence-electron chi connectivity index (χ3n) is 6.43. The summed E-state index contributed by atoms with van der Waals surface area (Å²) in [5.74, 6) is -1.70. The van der Waals surface area contributed by atoms with Gasteiger partial charge in [-0.1, -0.05) is 12.1 Å². The van der Waals surface area contributed by atoms with Crippen molar-refractivity contribution < 1.29 is 37.0 Å². The van der Waals surface area contributed by atoms with Crippen LogP contribution in [0.5, 0.6) is 5.75 Å². The molecule has 1 aromatic heterocycles. The van der Waals surface area contributed by atoms with E-state index in [0.29, 0.717) is 23.9 Å². The lowest BCUT2D eigenvalue weighted by molar-refractivity contribution is -0.192. The summed E-state index contributed by atoms with van der Waals surface area (Å²) in [5, 5.41) is 7.12. The van der Waals surface area contributed by atoms with Crippen molar-refractivity contribution >= 4 is 11.8 Å². The van der Waals surface area contributed by atoms with Crippen LogP contribution in [0.3, 0.4) is 0 Å². The highest BCUT2D eigenvalue weighted by atomic mass is 19.4. The Kier molecular flexibility index (Phi) is 8.47. The third kappa shape index (κ3) is 6.78. The minimum atomic E-state index is -5.08. The molecule has 2 fully saturated rings. The first kappa shape index (κ1) is 26.6. The summed E-state index contributed by atoms with van der Waals surface area (Å²) in [7, 11) is 1.54. The number of hydrogen-bond donors (Lipinski definition) is 2. The summed E-state index contributed by atoms with van der Waals surface area (Å²) >= 11 is 0. The molecule has 10 heteroatoms. The molecule has 4 rings (SSSR count). The fourth-order valence-electron chi connectivity index (χ4n) is 4.37. The molecule has 35 heavy (non-hydrogen) atoms. The van der Waals surface area contributed by atoms with Crippen LogP contribution in [0.4, 0.5) is 17.6 Å². The van der Waals surface area contributed by atoms with E-state index < -0.39 is 12.1 Å². The SMILES string of the molecule is COc1ccc(C2CCC(C(=O)c3nc(CN)ccc3C3CC3)CC2)c(F)c1.O=C(O)C(F)(F)F. The van der Waals surface area contributed by atoms with Crippen LogP contribution in [0.15, 0.2) is 30.3 Å². The molecule has 0 spiro atoms. The van der Waals surface area contributed by atoms with E-state index in [-0.39, 0.29) is 23.4 Å². The van der Waals surface area contributed by atoms with Crippen LogP contribution in [0, 0.1) is 11.7 Å². The molecule has 2 aromatic rings. The lowest BCUT2D eigenvalue weighted by Gasteiger charge is -2.28. The van der Waals surface area contributed by atoms with Crippen LogP contribution in [-0.2, 0) is 11.3 Å². The van der Waals surface area contributed by atoms with E-state index in [1.54, 1.807) is 6.07 Å². The van der Waals surface area contributed by atoms with Gasteiger partial charge in [-0.25, -0.2) is 14.2 Å². The van der Waals surface area contributed by atoms with Gasteiger partial charge >= 0.3 is 12.1 Å². The Morgan fingerprint density at radius 3 is 2.06 bits per heavy atom. The number of aromatic nitrogens is 1. The van der Waals surface area contributed by atoms with Crippen molar-refractivity contribution in [2.45, 2.75) is 63.1 Å². The van der Waals surface area contributed by atoms with Crippen molar-refractivity contribution in [3.05, 3.63) is 58.7 Å². The number of carbonyl (C=O) groups excluding carboxylic acids is 1. The second-order valence-electron chi connectivity index (χ2n) is 8.82. The van der Waals surface area contributed by atoms with Gasteiger partial charge in [0.1, 0.15) is 17.3 Å². The predicted octanol–water partition coefficient (Wildman–Crippen LogP) is 5.36. The van der Waals surface area contributed by atoms with Crippen LogP contribution in [0.25, 0.3) is 0 Å². The number of benzene rings is 1. The molecule has 2 aliphatic carbocycles. The van der Waals surface area contributed by atoms with Crippen molar-refractivity contribution in [2.75, 3.05) is 7.11 Å². The molecule has 2 saturated carbocycles. The number of halogens is 4. The van der Waals surface area contributed by atoms with E-state index in [1.807, 2.05) is 18.2 Å². The zero-order chi connectivity index (χ0) is 25.8. The topological polar surface area (TPSA) is 103 Å². The number of carbonyl (C=O) groups is 2. The van der Waals surface area contributed by atoms with Gasteiger partial charge in [-0.2, -0.15) is 13.2 Å². The van der Waals surface area contributed by atoms with Gasteiger partial charge in [0.15, 0.2) is 5.78 Å². The van der Waals surface area contributed by atoms with Crippen LogP contribution >= 0.6 is 0 Å². The van der Waals surface area contributed by atoms with Gasteiger partial charge in [0.25, 0.3) is 0 Å². The zero-order valence-electron chi connectivity index (χ0n) is 19.3. The molecule has 0 aliphatic heterocycles. The Morgan fingerprint density at radius 2 is 1.57 bits per heavy atom. The van der Waals surface area contributed by atoms with E-state index in [0.717, 1.165) is 55.3 Å². The fraction of sp³-hybridized carbons (Fsp3) is 0.480. The largest absolute Gasteiger partial charge is 0.497 e. The summed E-state index contributed by atoms with van der Waals surface area (Å²) in [6, 6.07) is 9.04. The lowest BCUT2D eigenvalue weighted by atomic mass is 9.76. The van der Waals surface area contributed by atoms with Crippen LogP contribution in [0.2, 0.25) is 0 Å². The second-order valence-corrected chi connectivity index (χ2v) is 8.82. The van der Waals surface area contributed by atoms with Crippen molar-refractivity contribution in [1.82, 2.24) is 4.98 Å². The number of hydrogen-bond acceptors (Lipinski definition) is 5. The van der Waals surface area contributed by atoms with E-state index in [4.69, 9.17) is 20.4 Å². The Bertz CT molecular complexity index is 1060. The number of rotatable bonds is 6. The molecule has 2 aliphatic rings. The zero-order valence-corrected chi connectivity index (χ0v) is 19.3. The standard InChI is InChI=1S/C23H27FN2O2.C2HF3O2/c1-28-18-9-11-19(21(24)12-18)14-4-6-16(7-5-14)23(27)22-20(15-2-3-15)10-8-17(13-25)26-22;3-2(4,5)1(6)7/h8-12,14-16H,2-7,13,25H2,1H3;(H,6,7). The van der Waals surface area contributed by atoms with Crippen molar-refractivity contribution in [2.24, 2.45) is 11.7 Å². The van der Waals surface area contributed by atoms with E-state index in [2.05, 4.69) is 4.98 Å². The molecule has 190 valence electrons. The number of carboxylic acid groups (broad SMARTS) is 1. The Hall–Kier alpha value is -3.01. The van der Waals surface area contributed by atoms with Crippen LogP contribution in [-0.4, -0.2) is 35.1 Å². The highest BCUT2D eigenvalue weighted by molar-refractivity contribution is 5.97. The molecule has 0 radical (unpaired) electrons. The number of alkyl halides is 3. The number of pyridine rings is 1. The molecule has 0 saturated heterocycles. The lowest BCUT2D eigenvalue weighted by Crippen LogP contribution is -2.24. The molecule has 0 bridgehead atoms. The van der Waals surface area contributed by atoms with Crippen molar-refractivity contribution in [3.8, 4) is 5.75 Å². The number of methoxy groups -OCH3 is 1. The Labute approximate surface area is 200 Å². The molecule has 1 aromatic carbocycles. The fourth-order valence-corrected chi connectivity index (χ4v) is 4.37. The summed E-state index contributed by atoms with van der Waals surface area (Å²) in [6.45, 7) is 0.342. The minimum absolute atomic E-state index is 0.0319. The number of nitrogens with two attached hydrogens (primary N) is 1. The Morgan fingerprint density at radius 1 is 1.03 bits per heavy atom. The van der Waals surface area contributed by atoms with Gasteiger partial charge in [0.05, 0.1) is 12.8 Å². The molecule has 0 unspecified atom stereocenters. The summed E-state index contributed by atoms with van der Waals surface area (Å²) in [5.41, 5.74) is 8.95. The molecular formula is C25H28F4N2O4. The third-order valence-corrected chi connectivity index (χ3v) is 6.43. The van der Waals surface area contributed by atoms with Gasteiger partial charge in [-0.05, 0) is 73.6 Å². The number of ether oxygens (including phenoxy) is 1. The van der Waals surface area contributed by atoms with Crippen molar-refractivity contribution in [3.63, 3.8) is 0 Å². The van der Waals surface area contributed by atoms with Crippen LogP contribution in [0.1, 0.15) is 77.7 Å². The quantitative estimate of drug-likeness (QED) is 0.413. The first-order valence-electron chi connectivity index (χ1n) is 11.4. The van der Waals surface area contributed by atoms with Crippen LogP contribution < -0.4 is 10.5 Å². The molecular weight excluding hydrogens is 468 g/mol. The number of carboxylic acids is 1. The highest BCUT2D eigenvalue weighted by Crippen LogP contribution is 2.43. The summed E-state index contributed by atoms with van der Waals surface area (Å²) < 4.78 is 51.2. The maximum atomic E-state index is 14.4. The summed E-state index contributed by atoms with van der Waals surface area (Å²) in [4.78, 5) is 26.7. The molecule has 0 amide bonds. The van der Waals surface area contributed by atoms with Gasteiger partial charge in [-0.15, -0.1) is 0 Å². The predicted molar refractivity (Wildman–Crippen MR) is 120 cm³/mol. The number of ketones is 1. The first-order chi connectivity index (χ1) is 16.5. The van der Waals surface area contributed by atoms with Gasteiger partial charge in [0.2, 0.25) is 0 Å². The minimum Gasteiger partial charge on any atom is -0.497 e. The number of Topliss-reactive ketones (excluding diaryl/α,β-unsaturated/α-hetero) is 1. The normalized spacial score (nSPS) is 19.9. The van der Waals surface area contributed by atoms with E-state index in [9.17, 15) is 22.4 Å². The Balaban J connectivity index is 0.000000429. The first-order valence-corrected chi connectivity index (χ1v) is 11.4. The number of nitrogens with zero attached hydrogens (tertiary/aromatic N) is 1. The average molecular weight is 497 g/mol. The van der Waals surface area contributed by atoms with Gasteiger partial charge in [0, 0.05) is 18.5 Å². The monoisotopic (exact) mass is 496 g/mol. The molecule has 1 heterocycles. The smallest absolute Gasteiger partial charge is 0.490 e. The van der Waals surface area contributed by atoms with Crippen molar-refractivity contribution in [1.29, 1.82) is 0 Å². The maximum Gasteiger partial charge on any atom is 0.490 e. The second kappa shape index (κ2) is 11.2. The molecule has 0 atom stereocenters. The van der Waals surface area contributed by atoms with E-state index >= 15 is 0 Å². The summed E-state index contributed by atoms with van der Waals surface area (Å²) in [6.07, 6.45) is 0.353. The molecule has 3 N–H and O–H groups in total. The maximum absolute atomic E-state index is 14.4. The van der Waals surface area contributed by atoms with E-state index in [1.165, 1.54) is 13.2 Å². The highest BCUT2D eigenvalue weighted by Gasteiger charge is 2.38.